The molecule has 0 saturated heterocycles. The van der Waals surface area contributed by atoms with E-state index in [0.717, 1.165) is 15.8 Å². The van der Waals surface area contributed by atoms with Gasteiger partial charge in [0.2, 0.25) is 0 Å². The standard InChI is InChI=1S/C23H17N5O4S2/c29-19(32-13-28-23(31)15-8-4-5-9-17(15)26-27-28)12-33-11-18-24-21(30)20-16(10-34-22(20)25-18)14-6-2-1-3-7-14/h1-10H,11-13H2,(H,24,25,30). The van der Waals surface area contributed by atoms with Crippen molar-refractivity contribution in [1.29, 1.82) is 0 Å². The Kier molecular flexibility index (Phi) is 6.19. The van der Waals surface area contributed by atoms with Crippen LogP contribution in [0.25, 0.3) is 32.2 Å². The topological polar surface area (TPSA) is 120 Å². The van der Waals surface area contributed by atoms with Crippen LogP contribution in [-0.4, -0.2) is 36.7 Å². The number of ether oxygens (including phenoxy) is 1. The largest absolute Gasteiger partial charge is 0.442 e. The summed E-state index contributed by atoms with van der Waals surface area (Å²) in [7, 11) is 0. The molecular weight excluding hydrogens is 474 g/mol. The van der Waals surface area contributed by atoms with E-state index in [4.69, 9.17) is 4.74 Å². The summed E-state index contributed by atoms with van der Waals surface area (Å²) in [5.74, 6) is 0.317. The van der Waals surface area contributed by atoms with Crippen molar-refractivity contribution in [1.82, 2.24) is 25.0 Å². The van der Waals surface area contributed by atoms with Crippen LogP contribution in [0.1, 0.15) is 5.82 Å². The third-order valence-electron chi connectivity index (χ3n) is 5.01. The minimum absolute atomic E-state index is 0.0250. The Bertz CT molecular complexity index is 1610. The molecule has 34 heavy (non-hydrogen) atoms. The molecule has 0 radical (unpaired) electrons. The number of nitrogens with one attached hydrogen (secondary N) is 1. The van der Waals surface area contributed by atoms with E-state index in [9.17, 15) is 14.4 Å². The second-order valence-electron chi connectivity index (χ2n) is 7.26. The molecule has 0 bridgehead atoms. The molecule has 0 amide bonds. The zero-order chi connectivity index (χ0) is 23.5. The third kappa shape index (κ3) is 4.47. The molecule has 0 atom stereocenters. The van der Waals surface area contributed by atoms with Crippen molar-refractivity contribution in [3.63, 3.8) is 0 Å². The monoisotopic (exact) mass is 491 g/mol. The van der Waals surface area contributed by atoms with Gasteiger partial charge >= 0.3 is 5.97 Å². The molecule has 11 heteroatoms. The number of nitrogens with zero attached hydrogens (tertiary/aromatic N) is 4. The summed E-state index contributed by atoms with van der Waals surface area (Å²) in [6, 6.07) is 16.5. The second kappa shape index (κ2) is 9.57. The molecule has 5 aromatic rings. The van der Waals surface area contributed by atoms with Crippen LogP contribution in [0.5, 0.6) is 0 Å². The molecule has 0 aliphatic rings. The fourth-order valence-electron chi connectivity index (χ4n) is 3.41. The van der Waals surface area contributed by atoms with E-state index in [0.29, 0.717) is 32.7 Å². The van der Waals surface area contributed by atoms with E-state index in [2.05, 4.69) is 20.3 Å². The average Bonchev–Trinajstić information content (AvgIpc) is 3.29. The lowest BCUT2D eigenvalue weighted by Gasteiger charge is -2.06. The Morgan fingerprint density at radius 2 is 1.88 bits per heavy atom. The number of hydrogen-bond acceptors (Lipinski definition) is 9. The Morgan fingerprint density at radius 3 is 2.74 bits per heavy atom. The third-order valence-corrected chi connectivity index (χ3v) is 6.80. The predicted octanol–water partition coefficient (Wildman–Crippen LogP) is 3.19. The van der Waals surface area contributed by atoms with Gasteiger partial charge in [0.05, 0.1) is 22.3 Å². The zero-order valence-corrected chi connectivity index (χ0v) is 19.3. The number of aromatic amines is 1. The zero-order valence-electron chi connectivity index (χ0n) is 17.6. The Labute approximate surface area is 200 Å². The lowest BCUT2D eigenvalue weighted by molar-refractivity contribution is -0.144. The highest BCUT2D eigenvalue weighted by atomic mass is 32.2. The molecule has 2 aromatic carbocycles. The van der Waals surface area contributed by atoms with E-state index in [1.165, 1.54) is 23.1 Å². The van der Waals surface area contributed by atoms with Crippen LogP contribution in [-0.2, 0) is 22.0 Å². The van der Waals surface area contributed by atoms with Gasteiger partial charge in [-0.3, -0.25) is 14.4 Å². The Balaban J connectivity index is 1.20. The van der Waals surface area contributed by atoms with Gasteiger partial charge in [-0.25, -0.2) is 4.98 Å². The summed E-state index contributed by atoms with van der Waals surface area (Å²) in [6.07, 6.45) is 0. The summed E-state index contributed by atoms with van der Waals surface area (Å²) in [4.78, 5) is 45.2. The number of thioether (sulfide) groups is 1. The van der Waals surface area contributed by atoms with Crippen molar-refractivity contribution >= 4 is 50.2 Å². The van der Waals surface area contributed by atoms with Crippen molar-refractivity contribution in [3.8, 4) is 11.1 Å². The van der Waals surface area contributed by atoms with E-state index >= 15 is 0 Å². The number of esters is 1. The lowest BCUT2D eigenvalue weighted by atomic mass is 10.1. The quantitative estimate of drug-likeness (QED) is 0.345. The van der Waals surface area contributed by atoms with Gasteiger partial charge in [0.25, 0.3) is 11.1 Å². The number of hydrogen-bond donors (Lipinski definition) is 1. The highest BCUT2D eigenvalue weighted by Crippen LogP contribution is 2.30. The van der Waals surface area contributed by atoms with Crippen LogP contribution in [0, 0.1) is 0 Å². The van der Waals surface area contributed by atoms with Gasteiger partial charge in [0.1, 0.15) is 16.2 Å². The molecule has 9 nitrogen and oxygen atoms in total. The molecule has 0 unspecified atom stereocenters. The van der Waals surface area contributed by atoms with Crippen LogP contribution in [0.15, 0.2) is 69.6 Å². The van der Waals surface area contributed by atoms with Crippen LogP contribution in [0.3, 0.4) is 0 Å². The molecule has 5 rings (SSSR count). The number of H-pyrrole nitrogens is 1. The van der Waals surface area contributed by atoms with Gasteiger partial charge in [0.15, 0.2) is 6.73 Å². The number of carbonyl (C=O) groups excluding carboxylic acids is 1. The highest BCUT2D eigenvalue weighted by Gasteiger charge is 2.14. The van der Waals surface area contributed by atoms with Crippen molar-refractivity contribution in [3.05, 3.63) is 86.5 Å². The molecule has 3 aromatic heterocycles. The minimum atomic E-state index is -0.516. The number of rotatable bonds is 7. The first-order valence-corrected chi connectivity index (χ1v) is 12.3. The van der Waals surface area contributed by atoms with Crippen molar-refractivity contribution in [2.24, 2.45) is 0 Å². The lowest BCUT2D eigenvalue weighted by Crippen LogP contribution is -2.27. The molecule has 0 aliphatic heterocycles. The van der Waals surface area contributed by atoms with Gasteiger partial charge in [-0.2, -0.15) is 4.68 Å². The molecule has 3 heterocycles. The number of thiophene rings is 1. The molecule has 170 valence electrons. The highest BCUT2D eigenvalue weighted by molar-refractivity contribution is 7.99. The summed E-state index contributed by atoms with van der Waals surface area (Å²) in [5, 5.41) is 10.6. The SMILES string of the molecule is O=C(CSCc1nc2scc(-c3ccccc3)c2c(=O)[nH]1)OCn1nnc2ccccc2c1=O. The van der Waals surface area contributed by atoms with Crippen molar-refractivity contribution < 1.29 is 9.53 Å². The van der Waals surface area contributed by atoms with E-state index in [1.807, 2.05) is 35.7 Å². The van der Waals surface area contributed by atoms with Crippen LogP contribution < -0.4 is 11.1 Å². The predicted molar refractivity (Wildman–Crippen MR) is 132 cm³/mol. The molecule has 1 N–H and O–H groups in total. The molecule has 0 saturated carbocycles. The van der Waals surface area contributed by atoms with Crippen LogP contribution in [0.4, 0.5) is 0 Å². The maximum atomic E-state index is 12.7. The van der Waals surface area contributed by atoms with Crippen LogP contribution in [0.2, 0.25) is 0 Å². The van der Waals surface area contributed by atoms with E-state index in [1.54, 1.807) is 24.3 Å². The fraction of sp³-hybridized carbons (Fsp3) is 0.130. The Hall–Kier alpha value is -3.83. The van der Waals surface area contributed by atoms with Crippen LogP contribution >= 0.6 is 23.1 Å². The van der Waals surface area contributed by atoms with E-state index < -0.39 is 5.97 Å². The minimum Gasteiger partial charge on any atom is -0.442 e. The number of aromatic nitrogens is 5. The van der Waals surface area contributed by atoms with Gasteiger partial charge in [0, 0.05) is 10.9 Å². The first kappa shape index (κ1) is 22.0. The van der Waals surface area contributed by atoms with Gasteiger partial charge in [-0.15, -0.1) is 28.2 Å². The average molecular weight is 492 g/mol. The first-order chi connectivity index (χ1) is 16.6. The molecule has 0 fully saturated rings. The normalized spacial score (nSPS) is 11.2. The van der Waals surface area contributed by atoms with Crippen molar-refractivity contribution in [2.75, 3.05) is 5.75 Å². The van der Waals surface area contributed by atoms with Gasteiger partial charge < -0.3 is 9.72 Å². The molecule has 0 aliphatic carbocycles. The molecule has 0 spiro atoms. The smallest absolute Gasteiger partial charge is 0.317 e. The maximum absolute atomic E-state index is 12.7. The van der Waals surface area contributed by atoms with Crippen molar-refractivity contribution in [2.45, 2.75) is 12.5 Å². The Morgan fingerprint density at radius 1 is 1.09 bits per heavy atom. The van der Waals surface area contributed by atoms with Gasteiger partial charge in [-0.05, 0) is 17.7 Å². The summed E-state index contributed by atoms with van der Waals surface area (Å²) in [6.45, 7) is -0.325. The molecular formula is C23H17N5O4S2. The summed E-state index contributed by atoms with van der Waals surface area (Å²) in [5.41, 5.74) is 1.69. The number of fused-ring (bicyclic) bond motifs is 2. The van der Waals surface area contributed by atoms with E-state index in [-0.39, 0.29) is 23.6 Å². The first-order valence-electron chi connectivity index (χ1n) is 10.2. The van der Waals surface area contributed by atoms with Gasteiger partial charge in [-0.1, -0.05) is 47.7 Å². The number of carbonyl (C=O) groups is 1. The number of benzene rings is 2. The second-order valence-corrected chi connectivity index (χ2v) is 9.10. The summed E-state index contributed by atoms with van der Waals surface area (Å²) >= 11 is 2.66. The fourth-order valence-corrected chi connectivity index (χ4v) is 5.05. The maximum Gasteiger partial charge on any atom is 0.317 e. The summed E-state index contributed by atoms with van der Waals surface area (Å²) < 4.78 is 6.15.